The number of hydrogen-bond donors (Lipinski definition) is 3. The van der Waals surface area contributed by atoms with Crippen LogP contribution in [-0.2, 0) is 14.8 Å². The lowest BCUT2D eigenvalue weighted by molar-refractivity contribution is -0.120. The Hall–Kier alpha value is -0.960. The zero-order chi connectivity index (χ0) is 15.5. The first-order valence-corrected chi connectivity index (χ1v) is 8.34. The predicted octanol–water partition coefficient (Wildman–Crippen LogP) is 1.27. The molecule has 0 saturated heterocycles. The molecule has 0 fully saturated rings. The van der Waals surface area contributed by atoms with Gasteiger partial charge in [-0.15, -0.1) is 0 Å². The number of primary sulfonamides is 1. The molecule has 0 aliphatic heterocycles. The summed E-state index contributed by atoms with van der Waals surface area (Å²) in [6.45, 7) is 4.07. The van der Waals surface area contributed by atoms with Crippen molar-refractivity contribution >= 4 is 37.5 Å². The van der Waals surface area contributed by atoms with Crippen LogP contribution < -0.4 is 16.2 Å². The smallest absolute Gasteiger partial charge is 0.238 e. The van der Waals surface area contributed by atoms with Crippen molar-refractivity contribution in [3.63, 3.8) is 0 Å². The molecule has 1 unspecified atom stereocenters. The number of anilines is 1. The summed E-state index contributed by atoms with van der Waals surface area (Å²) in [7, 11) is -3.77. The van der Waals surface area contributed by atoms with Crippen molar-refractivity contribution < 1.29 is 13.2 Å². The maximum atomic E-state index is 12.1. The van der Waals surface area contributed by atoms with Gasteiger partial charge in [0.1, 0.15) is 0 Å². The molecule has 0 aliphatic rings. The van der Waals surface area contributed by atoms with Crippen LogP contribution in [0.15, 0.2) is 27.6 Å². The SMILES string of the molecule is CC(C)C(CN)C(=O)Nc1ccc(S(N)(=O)=O)cc1Br. The Labute approximate surface area is 127 Å². The fraction of sp³-hybridized carbons (Fsp3) is 0.417. The van der Waals surface area contributed by atoms with Gasteiger partial charge in [-0.2, -0.15) is 0 Å². The zero-order valence-electron chi connectivity index (χ0n) is 11.3. The molecule has 1 atom stereocenters. The molecule has 0 spiro atoms. The summed E-state index contributed by atoms with van der Waals surface area (Å²) in [6, 6.07) is 4.16. The molecule has 0 radical (unpaired) electrons. The average Bonchev–Trinajstić information content (AvgIpc) is 2.30. The molecule has 1 aromatic carbocycles. The average molecular weight is 364 g/mol. The second-order valence-corrected chi connectivity index (χ2v) is 7.18. The summed E-state index contributed by atoms with van der Waals surface area (Å²) >= 11 is 3.21. The fourth-order valence-electron chi connectivity index (χ4n) is 1.68. The highest BCUT2D eigenvalue weighted by Gasteiger charge is 2.21. The molecule has 0 aliphatic carbocycles. The van der Waals surface area contributed by atoms with E-state index in [4.69, 9.17) is 10.9 Å². The number of amides is 1. The minimum absolute atomic E-state index is 0.0263. The van der Waals surface area contributed by atoms with E-state index in [9.17, 15) is 13.2 Å². The summed E-state index contributed by atoms with van der Waals surface area (Å²) in [5, 5.41) is 7.75. The van der Waals surface area contributed by atoms with Crippen molar-refractivity contribution in [1.29, 1.82) is 0 Å². The minimum Gasteiger partial charge on any atom is -0.330 e. The summed E-state index contributed by atoms with van der Waals surface area (Å²) in [5.74, 6) is -0.395. The Balaban J connectivity index is 2.97. The third-order valence-electron chi connectivity index (χ3n) is 2.92. The number of hydrogen-bond acceptors (Lipinski definition) is 4. The van der Waals surface area contributed by atoms with E-state index in [1.807, 2.05) is 13.8 Å². The van der Waals surface area contributed by atoms with Gasteiger partial charge in [0.05, 0.1) is 16.5 Å². The number of halogens is 1. The van der Waals surface area contributed by atoms with E-state index in [2.05, 4.69) is 21.2 Å². The molecule has 0 heterocycles. The van der Waals surface area contributed by atoms with Gasteiger partial charge in [-0.05, 0) is 40.0 Å². The molecular formula is C12H18BrN3O3S. The molecule has 0 bridgehead atoms. The maximum absolute atomic E-state index is 12.1. The van der Waals surface area contributed by atoms with Crippen molar-refractivity contribution in [1.82, 2.24) is 0 Å². The second-order valence-electron chi connectivity index (χ2n) is 4.76. The number of sulfonamides is 1. The molecule has 1 rings (SSSR count). The summed E-state index contributed by atoms with van der Waals surface area (Å²) in [4.78, 5) is 12.0. The van der Waals surface area contributed by atoms with E-state index in [0.29, 0.717) is 10.2 Å². The largest absolute Gasteiger partial charge is 0.330 e. The quantitative estimate of drug-likeness (QED) is 0.730. The number of carbonyl (C=O) groups is 1. The van der Waals surface area contributed by atoms with Gasteiger partial charge in [-0.25, -0.2) is 13.6 Å². The van der Waals surface area contributed by atoms with Crippen molar-refractivity contribution in [2.45, 2.75) is 18.7 Å². The third kappa shape index (κ3) is 4.27. The molecule has 20 heavy (non-hydrogen) atoms. The molecule has 5 N–H and O–H groups in total. The van der Waals surface area contributed by atoms with Crippen molar-refractivity contribution in [3.8, 4) is 0 Å². The zero-order valence-corrected chi connectivity index (χ0v) is 13.7. The predicted molar refractivity (Wildman–Crippen MR) is 81.5 cm³/mol. The third-order valence-corrected chi connectivity index (χ3v) is 4.49. The Morgan fingerprint density at radius 2 is 2.00 bits per heavy atom. The van der Waals surface area contributed by atoms with Crippen molar-refractivity contribution in [3.05, 3.63) is 22.7 Å². The first kappa shape index (κ1) is 17.1. The lowest BCUT2D eigenvalue weighted by Gasteiger charge is -2.18. The van der Waals surface area contributed by atoms with Gasteiger partial charge in [-0.1, -0.05) is 13.8 Å². The van der Waals surface area contributed by atoms with Gasteiger partial charge in [-0.3, -0.25) is 4.79 Å². The summed E-state index contributed by atoms with van der Waals surface area (Å²) in [5.41, 5.74) is 6.05. The highest BCUT2D eigenvalue weighted by molar-refractivity contribution is 9.10. The van der Waals surface area contributed by atoms with Gasteiger partial charge in [0, 0.05) is 11.0 Å². The van der Waals surface area contributed by atoms with E-state index >= 15 is 0 Å². The van der Waals surface area contributed by atoms with Crippen LogP contribution >= 0.6 is 15.9 Å². The normalized spacial score (nSPS) is 13.3. The van der Waals surface area contributed by atoms with Crippen LogP contribution in [0.2, 0.25) is 0 Å². The van der Waals surface area contributed by atoms with E-state index in [0.717, 1.165) is 0 Å². The van der Waals surface area contributed by atoms with Crippen molar-refractivity contribution in [2.24, 2.45) is 22.7 Å². The Morgan fingerprint density at radius 3 is 2.40 bits per heavy atom. The number of nitrogens with two attached hydrogens (primary N) is 2. The topological polar surface area (TPSA) is 115 Å². The monoisotopic (exact) mass is 363 g/mol. The summed E-state index contributed by atoms with van der Waals surface area (Å²) < 4.78 is 22.9. The van der Waals surface area contributed by atoms with Crippen LogP contribution in [0.1, 0.15) is 13.8 Å². The number of carbonyl (C=O) groups excluding carboxylic acids is 1. The van der Waals surface area contributed by atoms with Crippen LogP contribution in [0.25, 0.3) is 0 Å². The van der Waals surface area contributed by atoms with Crippen LogP contribution in [0.3, 0.4) is 0 Å². The van der Waals surface area contributed by atoms with Gasteiger partial charge < -0.3 is 11.1 Å². The fourth-order valence-corrected chi connectivity index (χ4v) is 2.85. The first-order chi connectivity index (χ1) is 9.16. The van der Waals surface area contributed by atoms with Crippen molar-refractivity contribution in [2.75, 3.05) is 11.9 Å². The minimum atomic E-state index is -3.77. The number of benzene rings is 1. The highest BCUT2D eigenvalue weighted by Crippen LogP contribution is 2.26. The lowest BCUT2D eigenvalue weighted by atomic mass is 9.95. The van der Waals surface area contributed by atoms with Crippen LogP contribution in [0.5, 0.6) is 0 Å². The van der Waals surface area contributed by atoms with Gasteiger partial charge in [0.25, 0.3) is 0 Å². The van der Waals surface area contributed by atoms with E-state index in [-0.39, 0.29) is 29.2 Å². The van der Waals surface area contributed by atoms with E-state index in [1.165, 1.54) is 18.2 Å². The van der Waals surface area contributed by atoms with E-state index < -0.39 is 10.0 Å². The highest BCUT2D eigenvalue weighted by atomic mass is 79.9. The van der Waals surface area contributed by atoms with Crippen LogP contribution in [0, 0.1) is 11.8 Å². The van der Waals surface area contributed by atoms with Gasteiger partial charge in [0.15, 0.2) is 0 Å². The molecule has 0 aromatic heterocycles. The lowest BCUT2D eigenvalue weighted by Crippen LogP contribution is -2.33. The Kier molecular flexibility index (Phi) is 5.69. The number of nitrogens with one attached hydrogen (secondary N) is 1. The Morgan fingerprint density at radius 1 is 1.40 bits per heavy atom. The standard InChI is InChI=1S/C12H18BrN3O3S/c1-7(2)9(6-14)12(17)16-11-4-3-8(5-10(11)13)20(15,18)19/h3-5,7,9H,6,14H2,1-2H3,(H,16,17)(H2,15,18,19). The molecule has 0 saturated carbocycles. The van der Waals surface area contributed by atoms with Gasteiger partial charge in [0.2, 0.25) is 15.9 Å². The molecule has 1 amide bonds. The molecule has 112 valence electrons. The molecule has 8 heteroatoms. The van der Waals surface area contributed by atoms with Gasteiger partial charge >= 0.3 is 0 Å². The van der Waals surface area contributed by atoms with E-state index in [1.54, 1.807) is 0 Å². The Bertz CT molecular complexity index is 602. The molecule has 6 nitrogen and oxygen atoms in total. The molecule has 1 aromatic rings. The maximum Gasteiger partial charge on any atom is 0.238 e. The molecular weight excluding hydrogens is 346 g/mol. The number of rotatable bonds is 5. The van der Waals surface area contributed by atoms with Crippen LogP contribution in [-0.4, -0.2) is 20.9 Å². The summed E-state index contributed by atoms with van der Waals surface area (Å²) in [6.07, 6.45) is 0. The van der Waals surface area contributed by atoms with Crippen LogP contribution in [0.4, 0.5) is 5.69 Å². The first-order valence-electron chi connectivity index (χ1n) is 6.00. The second kappa shape index (κ2) is 6.66.